The molecule has 0 aromatic heterocycles. The number of aromatic nitrogens is 3. The Morgan fingerprint density at radius 2 is 1.81 bits per heavy atom. The quantitative estimate of drug-likeness (QED) is 0.658. The van der Waals surface area contributed by atoms with Gasteiger partial charge in [-0.05, 0) is 37.8 Å². The number of hydrogen-bond donors (Lipinski definition) is 1. The number of rotatable bonds is 6. The van der Waals surface area contributed by atoms with E-state index in [2.05, 4.69) is 10.4 Å². The van der Waals surface area contributed by atoms with Gasteiger partial charge in [0.25, 0.3) is 11.5 Å². The van der Waals surface area contributed by atoms with E-state index in [4.69, 9.17) is 9.47 Å². The molecule has 5 rings (SSSR count). The lowest BCUT2D eigenvalue weighted by Gasteiger charge is -2.16. The lowest BCUT2D eigenvalue weighted by Crippen LogP contribution is -2.32. The average Bonchev–Trinajstić information content (AvgIpc) is 3.55. The summed E-state index contributed by atoms with van der Waals surface area (Å²) in [6, 6.07) is 9.24. The molecule has 1 N–H and O–H groups in total. The van der Waals surface area contributed by atoms with Crippen molar-refractivity contribution in [2.24, 2.45) is 0 Å². The van der Waals surface area contributed by atoms with Gasteiger partial charge in [0, 0.05) is 38.7 Å². The van der Waals surface area contributed by atoms with Crippen LogP contribution in [0.4, 0.5) is 0 Å². The highest BCUT2D eigenvalue weighted by Crippen LogP contribution is 2.24. The number of nitrogens with zero attached hydrogens (tertiary/aromatic N) is 3. The highest BCUT2D eigenvalue weighted by Gasteiger charge is 2.26. The molecule has 4 heterocycles. The van der Waals surface area contributed by atoms with E-state index < -0.39 is 0 Å². The predicted molar refractivity (Wildman–Crippen MR) is 115 cm³/mol. The van der Waals surface area contributed by atoms with Gasteiger partial charge in [-0.25, -0.2) is 0 Å². The molecule has 1 aromatic rings. The van der Waals surface area contributed by atoms with Crippen LogP contribution in [0.2, 0.25) is 0 Å². The summed E-state index contributed by atoms with van der Waals surface area (Å²) in [5.74, 6) is -0.250. The molecule has 8 nitrogen and oxygen atoms in total. The van der Waals surface area contributed by atoms with Crippen molar-refractivity contribution in [3.05, 3.63) is 58.6 Å². The minimum atomic E-state index is -0.250. The Balaban J connectivity index is 1.52. The minimum absolute atomic E-state index is 0.0408. The lowest BCUT2D eigenvalue weighted by molar-refractivity contribution is 0.0854. The van der Waals surface area contributed by atoms with Gasteiger partial charge < -0.3 is 19.4 Å². The predicted octanol–water partition coefficient (Wildman–Crippen LogP) is 2.23. The third-order valence-electron chi connectivity index (χ3n) is 5.92. The number of benzene rings is 1. The Kier molecular flexibility index (Phi) is 5.57. The van der Waals surface area contributed by atoms with Crippen molar-refractivity contribution in [2.75, 3.05) is 19.8 Å². The number of hydrogen-bond acceptors (Lipinski definition) is 5. The lowest BCUT2D eigenvalue weighted by atomic mass is 10.1. The Hall–Kier alpha value is -2.97. The number of carbonyl (C=O) groups is 1. The van der Waals surface area contributed by atoms with Crippen LogP contribution in [-0.2, 0) is 16.0 Å². The highest BCUT2D eigenvalue weighted by atomic mass is 16.5. The summed E-state index contributed by atoms with van der Waals surface area (Å²) >= 11 is 0. The van der Waals surface area contributed by atoms with Gasteiger partial charge in [-0.15, -0.1) is 0 Å². The largest absolute Gasteiger partial charge is 0.376 e. The van der Waals surface area contributed by atoms with Crippen LogP contribution in [0.1, 0.15) is 36.0 Å². The fourth-order valence-corrected chi connectivity index (χ4v) is 4.31. The summed E-state index contributed by atoms with van der Waals surface area (Å²) < 4.78 is 14.6. The van der Waals surface area contributed by atoms with E-state index in [0.29, 0.717) is 35.6 Å². The number of fused-ring (bicyclic) bond motifs is 1. The van der Waals surface area contributed by atoms with Crippen LogP contribution in [0.15, 0.2) is 47.5 Å². The number of amides is 1. The fraction of sp³-hybridized carbons (Fsp3) is 0.435. The molecule has 2 saturated heterocycles. The Morgan fingerprint density at radius 3 is 2.52 bits per heavy atom. The van der Waals surface area contributed by atoms with Crippen LogP contribution in [0.3, 0.4) is 0 Å². The molecule has 0 unspecified atom stereocenters. The molecular formula is C23H26N4O4. The van der Waals surface area contributed by atoms with Crippen molar-refractivity contribution >= 4 is 5.91 Å². The topological polar surface area (TPSA) is 87.4 Å². The van der Waals surface area contributed by atoms with Crippen LogP contribution in [-0.4, -0.2) is 52.2 Å². The van der Waals surface area contributed by atoms with Gasteiger partial charge in [0.2, 0.25) is 0 Å². The van der Waals surface area contributed by atoms with Gasteiger partial charge in [0.05, 0.1) is 29.0 Å². The molecule has 1 amide bonds. The molecule has 8 heteroatoms. The van der Waals surface area contributed by atoms with Crippen LogP contribution in [0, 0.1) is 0 Å². The maximum absolute atomic E-state index is 13.2. The zero-order chi connectivity index (χ0) is 21.2. The van der Waals surface area contributed by atoms with E-state index in [1.165, 1.54) is 4.68 Å². The van der Waals surface area contributed by atoms with E-state index in [1.54, 1.807) is 12.4 Å². The molecule has 4 aliphatic rings. The molecule has 162 valence electrons. The summed E-state index contributed by atoms with van der Waals surface area (Å²) in [5, 5.41) is 7.49. The summed E-state index contributed by atoms with van der Waals surface area (Å²) in [7, 11) is 0. The summed E-state index contributed by atoms with van der Waals surface area (Å²) in [6.45, 7) is 2.53. The van der Waals surface area contributed by atoms with Crippen molar-refractivity contribution in [3.63, 3.8) is 0 Å². The molecule has 0 saturated carbocycles. The van der Waals surface area contributed by atoms with Gasteiger partial charge in [0.15, 0.2) is 0 Å². The first-order valence-corrected chi connectivity index (χ1v) is 10.9. The van der Waals surface area contributed by atoms with E-state index in [-0.39, 0.29) is 23.7 Å². The van der Waals surface area contributed by atoms with Crippen molar-refractivity contribution < 1.29 is 14.3 Å². The Bertz CT molecular complexity index is 1080. The number of carbonyl (C=O) groups excluding carboxylic acids is 1. The second-order valence-corrected chi connectivity index (χ2v) is 8.16. The molecule has 2 fully saturated rings. The van der Waals surface area contributed by atoms with E-state index in [9.17, 15) is 9.59 Å². The summed E-state index contributed by atoms with van der Waals surface area (Å²) in [4.78, 5) is 26.3. The SMILES string of the molecule is O=C(NC[C@@H]1CCCO1)c1cn(C[C@H]2CCCO2)cc2c(=O)n(-c3ccccc3)nc1-2. The molecule has 0 bridgehead atoms. The molecule has 0 aliphatic carbocycles. The third-order valence-corrected chi connectivity index (χ3v) is 5.92. The normalized spacial score (nSPS) is 21.0. The average molecular weight is 422 g/mol. The van der Waals surface area contributed by atoms with Gasteiger partial charge in [-0.1, -0.05) is 18.2 Å². The third kappa shape index (κ3) is 4.13. The molecule has 2 atom stereocenters. The van der Waals surface area contributed by atoms with Crippen LogP contribution < -0.4 is 10.9 Å². The number of nitrogens with one attached hydrogen (secondary N) is 1. The second-order valence-electron chi connectivity index (χ2n) is 8.16. The standard InChI is InChI=1S/C23H26N4O4/c28-22(24-12-17-8-4-10-30-17)19-14-26(13-18-9-5-11-31-18)15-20-21(19)25-27(23(20)29)16-6-2-1-3-7-16/h1-3,6-7,14-15,17-18H,4-5,8-13H2,(H,24,28)/t17-,18+/m0/s1. The molecule has 0 radical (unpaired) electrons. The molecule has 4 aliphatic heterocycles. The van der Waals surface area contributed by atoms with Crippen LogP contribution >= 0.6 is 0 Å². The Morgan fingerprint density at radius 1 is 1.06 bits per heavy atom. The van der Waals surface area contributed by atoms with E-state index in [1.807, 2.05) is 34.9 Å². The monoisotopic (exact) mass is 422 g/mol. The van der Waals surface area contributed by atoms with Gasteiger partial charge in [0.1, 0.15) is 5.69 Å². The van der Waals surface area contributed by atoms with Crippen molar-refractivity contribution in [2.45, 2.75) is 44.4 Å². The molecular weight excluding hydrogens is 396 g/mol. The maximum atomic E-state index is 13.2. The molecule has 1 aromatic carbocycles. The summed E-state index contributed by atoms with van der Waals surface area (Å²) in [5.41, 5.74) is 1.64. The van der Waals surface area contributed by atoms with Gasteiger partial charge in [-0.2, -0.15) is 9.78 Å². The van der Waals surface area contributed by atoms with Gasteiger partial charge in [-0.3, -0.25) is 9.59 Å². The molecule has 0 spiro atoms. The van der Waals surface area contributed by atoms with Gasteiger partial charge >= 0.3 is 0 Å². The van der Waals surface area contributed by atoms with Crippen LogP contribution in [0.5, 0.6) is 0 Å². The van der Waals surface area contributed by atoms with Crippen LogP contribution in [0.25, 0.3) is 16.9 Å². The first kappa shape index (κ1) is 20.0. The maximum Gasteiger partial charge on any atom is 0.282 e. The first-order valence-electron chi connectivity index (χ1n) is 10.9. The van der Waals surface area contributed by atoms with Crippen molar-refractivity contribution in [1.29, 1.82) is 0 Å². The second kappa shape index (κ2) is 8.64. The van der Waals surface area contributed by atoms with E-state index >= 15 is 0 Å². The Labute approximate surface area is 180 Å². The van der Waals surface area contributed by atoms with E-state index in [0.717, 1.165) is 38.9 Å². The number of pyridine rings is 1. The minimum Gasteiger partial charge on any atom is -0.376 e. The number of ether oxygens (including phenoxy) is 2. The van der Waals surface area contributed by atoms with Crippen molar-refractivity contribution in [1.82, 2.24) is 19.7 Å². The van der Waals surface area contributed by atoms with Crippen molar-refractivity contribution in [3.8, 4) is 16.9 Å². The molecule has 31 heavy (non-hydrogen) atoms. The fourth-order valence-electron chi connectivity index (χ4n) is 4.31. The first-order chi connectivity index (χ1) is 15.2. The summed E-state index contributed by atoms with van der Waals surface area (Å²) in [6.07, 6.45) is 7.64. The highest BCUT2D eigenvalue weighted by molar-refractivity contribution is 5.99. The zero-order valence-electron chi connectivity index (χ0n) is 17.3. The zero-order valence-corrected chi connectivity index (χ0v) is 17.3. The smallest absolute Gasteiger partial charge is 0.282 e. The number of para-hydroxylation sites is 1.